The van der Waals surface area contributed by atoms with Gasteiger partial charge in [-0.25, -0.2) is 0 Å². The smallest absolute Gasteiger partial charge is 0.0351 e. The Morgan fingerprint density at radius 3 is 2.19 bits per heavy atom. The van der Waals surface area contributed by atoms with E-state index in [1.54, 1.807) is 0 Å². The predicted molar refractivity (Wildman–Crippen MR) is 97.0 cm³/mol. The van der Waals surface area contributed by atoms with Crippen LogP contribution in [0.5, 0.6) is 0 Å². The molecular weight excluding hydrogens is 292 g/mol. The number of rotatable bonds is 0. The van der Waals surface area contributed by atoms with E-state index in [0.29, 0.717) is 0 Å². The second kappa shape index (κ2) is 4.06. The van der Waals surface area contributed by atoms with Crippen LogP contribution in [0.3, 0.4) is 0 Å². The number of hydrogen-bond donors (Lipinski definition) is 0. The number of fused-ring (bicyclic) bond motifs is 5. The monoisotopic (exact) mass is 304 g/mol. The van der Waals surface area contributed by atoms with E-state index >= 15 is 0 Å². The summed E-state index contributed by atoms with van der Waals surface area (Å²) in [5.41, 5.74) is 0. The highest BCUT2D eigenvalue weighted by Gasteiger charge is 2.06. The minimum absolute atomic E-state index is 1.34. The Morgan fingerprint density at radius 1 is 0.667 bits per heavy atom. The first-order valence-electron chi connectivity index (χ1n) is 7.02. The minimum atomic E-state index is 1.34. The zero-order chi connectivity index (χ0) is 14.0. The van der Waals surface area contributed by atoms with Crippen LogP contribution in [0.4, 0.5) is 0 Å². The molecule has 2 heteroatoms. The minimum Gasteiger partial charge on any atom is -0.144 e. The van der Waals surface area contributed by atoms with Gasteiger partial charge in [-0.2, -0.15) is 0 Å². The summed E-state index contributed by atoms with van der Waals surface area (Å²) in [6, 6.07) is 18.4. The first kappa shape index (κ1) is 11.7. The molecule has 0 N–H and O–H groups in total. The lowest BCUT2D eigenvalue weighted by Crippen LogP contribution is -1.78. The van der Waals surface area contributed by atoms with Crippen LogP contribution in [0.25, 0.3) is 41.7 Å². The third-order valence-corrected chi connectivity index (χ3v) is 6.06. The second-order valence-electron chi connectivity index (χ2n) is 5.57. The van der Waals surface area contributed by atoms with E-state index in [4.69, 9.17) is 0 Å². The molecule has 0 aliphatic heterocycles. The van der Waals surface area contributed by atoms with Crippen LogP contribution in [-0.4, -0.2) is 0 Å². The van der Waals surface area contributed by atoms with Gasteiger partial charge in [0.2, 0.25) is 0 Å². The Hall–Kier alpha value is -1.90. The number of aryl methyl sites for hydroxylation is 1. The molecule has 0 aliphatic rings. The van der Waals surface area contributed by atoms with Crippen molar-refractivity contribution in [2.75, 3.05) is 0 Å². The van der Waals surface area contributed by atoms with Gasteiger partial charge in [0.25, 0.3) is 0 Å². The summed E-state index contributed by atoms with van der Waals surface area (Å²) in [7, 11) is 0. The lowest BCUT2D eigenvalue weighted by atomic mass is 10.00. The lowest BCUT2D eigenvalue weighted by molar-refractivity contribution is 1.66. The summed E-state index contributed by atoms with van der Waals surface area (Å²) in [6.07, 6.45) is 0. The van der Waals surface area contributed by atoms with Gasteiger partial charge in [0.15, 0.2) is 0 Å². The molecule has 0 saturated carbocycles. The normalized spacial score (nSPS) is 12.0. The Morgan fingerprint density at radius 2 is 1.38 bits per heavy atom. The first-order chi connectivity index (χ1) is 10.3. The second-order valence-corrected chi connectivity index (χ2v) is 7.80. The van der Waals surface area contributed by atoms with Crippen molar-refractivity contribution in [2.45, 2.75) is 6.92 Å². The maximum atomic E-state index is 2.36. The average Bonchev–Trinajstić information content (AvgIpc) is 3.06. The number of thiophene rings is 2. The van der Waals surface area contributed by atoms with Crippen LogP contribution in [0.2, 0.25) is 0 Å². The summed E-state index contributed by atoms with van der Waals surface area (Å²) in [5.74, 6) is 0. The molecule has 5 rings (SSSR count). The van der Waals surface area contributed by atoms with Crippen LogP contribution >= 0.6 is 22.7 Å². The summed E-state index contributed by atoms with van der Waals surface area (Å²) < 4.78 is 2.75. The van der Waals surface area contributed by atoms with E-state index in [1.807, 2.05) is 22.7 Å². The van der Waals surface area contributed by atoms with Gasteiger partial charge in [0.05, 0.1) is 0 Å². The van der Waals surface area contributed by atoms with Gasteiger partial charge in [-0.3, -0.25) is 0 Å². The van der Waals surface area contributed by atoms with Gasteiger partial charge in [0.1, 0.15) is 0 Å². The fourth-order valence-electron chi connectivity index (χ4n) is 3.18. The number of hydrogen-bond acceptors (Lipinski definition) is 2. The summed E-state index contributed by atoms with van der Waals surface area (Å²) in [5, 5.41) is 10.3. The van der Waals surface area contributed by atoms with Crippen LogP contribution in [-0.2, 0) is 0 Å². The summed E-state index contributed by atoms with van der Waals surface area (Å²) in [4.78, 5) is 1.38. The highest BCUT2D eigenvalue weighted by Crippen LogP contribution is 2.35. The van der Waals surface area contributed by atoms with Crippen molar-refractivity contribution in [2.24, 2.45) is 0 Å². The van der Waals surface area contributed by atoms with Crippen molar-refractivity contribution in [1.29, 1.82) is 0 Å². The largest absolute Gasteiger partial charge is 0.144 e. The summed E-state index contributed by atoms with van der Waals surface area (Å²) in [6.45, 7) is 2.18. The topological polar surface area (TPSA) is 0 Å². The fourth-order valence-corrected chi connectivity index (χ4v) is 4.96. The highest BCUT2D eigenvalue weighted by atomic mass is 32.1. The zero-order valence-electron chi connectivity index (χ0n) is 11.5. The molecule has 21 heavy (non-hydrogen) atoms. The Balaban J connectivity index is 2.02. The molecular formula is C19H12S2. The van der Waals surface area contributed by atoms with Crippen molar-refractivity contribution in [3.63, 3.8) is 0 Å². The Kier molecular flexibility index (Phi) is 2.27. The molecule has 0 aliphatic carbocycles. The zero-order valence-corrected chi connectivity index (χ0v) is 13.1. The Labute approximate surface area is 130 Å². The van der Waals surface area contributed by atoms with Gasteiger partial charge >= 0.3 is 0 Å². The van der Waals surface area contributed by atoms with Gasteiger partial charge in [0, 0.05) is 14.3 Å². The molecule has 100 valence electrons. The van der Waals surface area contributed by atoms with Crippen LogP contribution in [0.15, 0.2) is 53.9 Å². The van der Waals surface area contributed by atoms with E-state index in [9.17, 15) is 0 Å². The van der Waals surface area contributed by atoms with E-state index in [-0.39, 0.29) is 0 Å². The molecule has 0 atom stereocenters. The van der Waals surface area contributed by atoms with Crippen molar-refractivity contribution in [1.82, 2.24) is 0 Å². The van der Waals surface area contributed by atoms with Gasteiger partial charge in [-0.1, -0.05) is 12.1 Å². The molecule has 0 spiro atoms. The summed E-state index contributed by atoms with van der Waals surface area (Å²) >= 11 is 3.69. The van der Waals surface area contributed by atoms with Crippen molar-refractivity contribution in [3.8, 4) is 0 Å². The SMILES string of the molecule is Cc1cc2cc3c(ccc4cc5sccc5cc43)cc2s1. The quantitative estimate of drug-likeness (QED) is 0.278. The van der Waals surface area contributed by atoms with Crippen LogP contribution < -0.4 is 0 Å². The first-order valence-corrected chi connectivity index (χ1v) is 8.71. The predicted octanol–water partition coefficient (Wildman–Crippen LogP) is 6.73. The standard InChI is InChI=1S/C19H12S2/c1-11-6-15-8-17-13(10-19(15)21-11)3-2-12-9-18-14(4-5-20-18)7-16(12)17/h2-10H,1H3. The van der Waals surface area contributed by atoms with Crippen LogP contribution in [0, 0.1) is 6.92 Å². The van der Waals surface area contributed by atoms with Crippen LogP contribution in [0.1, 0.15) is 4.88 Å². The lowest BCUT2D eigenvalue weighted by Gasteiger charge is -2.05. The average molecular weight is 304 g/mol. The van der Waals surface area contributed by atoms with E-state index in [1.165, 1.54) is 46.6 Å². The van der Waals surface area contributed by atoms with Crippen molar-refractivity contribution < 1.29 is 0 Å². The number of benzene rings is 3. The maximum absolute atomic E-state index is 2.36. The molecule has 2 aromatic heterocycles. The highest BCUT2D eigenvalue weighted by molar-refractivity contribution is 7.19. The third-order valence-electron chi connectivity index (χ3n) is 4.17. The Bertz CT molecular complexity index is 1140. The van der Waals surface area contributed by atoms with Crippen molar-refractivity contribution >= 4 is 64.4 Å². The molecule has 0 nitrogen and oxygen atoms in total. The molecule has 0 radical (unpaired) electrons. The third kappa shape index (κ3) is 1.66. The van der Waals surface area contributed by atoms with Gasteiger partial charge < -0.3 is 0 Å². The fraction of sp³-hybridized carbons (Fsp3) is 0.0526. The molecule has 0 amide bonds. The molecule has 3 aromatic carbocycles. The molecule has 5 aromatic rings. The van der Waals surface area contributed by atoms with E-state index in [2.05, 4.69) is 60.8 Å². The van der Waals surface area contributed by atoms with Gasteiger partial charge in [-0.05, 0) is 81.0 Å². The van der Waals surface area contributed by atoms with Crippen molar-refractivity contribution in [3.05, 3.63) is 58.8 Å². The van der Waals surface area contributed by atoms with Gasteiger partial charge in [-0.15, -0.1) is 22.7 Å². The molecule has 0 unspecified atom stereocenters. The molecule has 0 bridgehead atoms. The van der Waals surface area contributed by atoms with E-state index in [0.717, 1.165) is 0 Å². The molecule has 0 fully saturated rings. The molecule has 2 heterocycles. The van der Waals surface area contributed by atoms with E-state index < -0.39 is 0 Å². The maximum Gasteiger partial charge on any atom is 0.0351 e. The molecule has 0 saturated heterocycles.